The van der Waals surface area contributed by atoms with Gasteiger partial charge in [-0.25, -0.2) is 9.07 Å². The minimum absolute atomic E-state index is 0.248. The first-order valence-corrected chi connectivity index (χ1v) is 11.0. The molecule has 2 heterocycles. The summed E-state index contributed by atoms with van der Waals surface area (Å²) in [5.41, 5.74) is 2.91. The van der Waals surface area contributed by atoms with Gasteiger partial charge in [0.1, 0.15) is 11.5 Å². The quantitative estimate of drug-likeness (QED) is 0.635. The van der Waals surface area contributed by atoms with Gasteiger partial charge in [0.2, 0.25) is 0 Å². The second kappa shape index (κ2) is 7.15. The first-order valence-electron chi connectivity index (χ1n) is 11.0. The largest absolute Gasteiger partial charge is 0.495 e. The number of fused-ring (bicyclic) bond motifs is 1. The third kappa shape index (κ3) is 3.33. The second-order valence-electron chi connectivity index (χ2n) is 9.68. The van der Waals surface area contributed by atoms with Gasteiger partial charge >= 0.3 is 7.12 Å². The maximum Gasteiger partial charge on any atom is 0.495 e. The van der Waals surface area contributed by atoms with Crippen molar-refractivity contribution in [3.8, 4) is 5.69 Å². The van der Waals surface area contributed by atoms with E-state index >= 15 is 0 Å². The molecule has 2 aliphatic rings. The molecular formula is C24H27BFN3O3. The predicted octanol–water partition coefficient (Wildman–Crippen LogP) is 3.70. The Morgan fingerprint density at radius 2 is 1.75 bits per heavy atom. The minimum atomic E-state index is -0.501. The average molecular weight is 435 g/mol. The van der Waals surface area contributed by atoms with Gasteiger partial charge in [0, 0.05) is 12.4 Å². The lowest BCUT2D eigenvalue weighted by molar-refractivity contribution is 0.00578. The second-order valence-corrected chi connectivity index (χ2v) is 9.68. The van der Waals surface area contributed by atoms with Crippen molar-refractivity contribution in [1.29, 1.82) is 0 Å². The average Bonchev–Trinajstić information content (AvgIpc) is 3.48. The number of benzene rings is 2. The molecule has 0 bridgehead atoms. The monoisotopic (exact) mass is 435 g/mol. The van der Waals surface area contributed by atoms with E-state index in [1.54, 1.807) is 23.9 Å². The summed E-state index contributed by atoms with van der Waals surface area (Å²) in [4.78, 5) is 12.9. The molecule has 1 aliphatic carbocycles. The molecule has 8 heteroatoms. The highest BCUT2D eigenvalue weighted by Gasteiger charge is 2.53. The Labute approximate surface area is 187 Å². The van der Waals surface area contributed by atoms with Crippen LogP contribution in [0.2, 0.25) is 0 Å². The minimum Gasteiger partial charge on any atom is -0.399 e. The summed E-state index contributed by atoms with van der Waals surface area (Å²) in [6.45, 7) is 8.15. The van der Waals surface area contributed by atoms with Crippen LogP contribution in [0.5, 0.6) is 0 Å². The number of nitrogens with zero attached hydrogens (tertiary/aromatic N) is 2. The molecule has 2 fully saturated rings. The smallest absolute Gasteiger partial charge is 0.399 e. The SMILES string of the molecule is CNC(=O)c1c2cc(C3CC3)c(B3OC(C)(C)C(C)(C)O3)cc2nn1-c1ccc(F)cc1. The van der Waals surface area contributed by atoms with Crippen molar-refractivity contribution in [3.63, 3.8) is 0 Å². The van der Waals surface area contributed by atoms with Crippen LogP contribution in [0.4, 0.5) is 4.39 Å². The Hall–Kier alpha value is -2.71. The van der Waals surface area contributed by atoms with Gasteiger partial charge in [-0.05, 0) is 93.9 Å². The normalized spacial score (nSPS) is 19.5. The summed E-state index contributed by atoms with van der Waals surface area (Å²) in [6.07, 6.45) is 2.19. The lowest BCUT2D eigenvalue weighted by atomic mass is 9.74. The highest BCUT2D eigenvalue weighted by Crippen LogP contribution is 2.43. The molecule has 1 saturated heterocycles. The van der Waals surface area contributed by atoms with E-state index in [1.165, 1.54) is 12.1 Å². The van der Waals surface area contributed by atoms with Crippen LogP contribution in [-0.2, 0) is 9.31 Å². The van der Waals surface area contributed by atoms with Crippen LogP contribution in [-0.4, -0.2) is 41.1 Å². The maximum atomic E-state index is 13.5. The van der Waals surface area contributed by atoms with Gasteiger partial charge in [-0.2, -0.15) is 5.10 Å². The summed E-state index contributed by atoms with van der Waals surface area (Å²) in [7, 11) is 1.09. The molecule has 166 valence electrons. The summed E-state index contributed by atoms with van der Waals surface area (Å²) in [5.74, 6) is -0.173. The zero-order chi connectivity index (χ0) is 22.8. The van der Waals surface area contributed by atoms with E-state index in [9.17, 15) is 9.18 Å². The highest BCUT2D eigenvalue weighted by molar-refractivity contribution is 6.63. The first kappa shape index (κ1) is 21.2. The Balaban J connectivity index is 1.70. The van der Waals surface area contributed by atoms with E-state index in [2.05, 4.69) is 11.4 Å². The van der Waals surface area contributed by atoms with Crippen molar-refractivity contribution in [2.45, 2.75) is 57.7 Å². The number of carbonyl (C=O) groups is 1. The summed E-state index contributed by atoms with van der Waals surface area (Å²) >= 11 is 0. The summed E-state index contributed by atoms with van der Waals surface area (Å²) < 4.78 is 27.8. The number of carbonyl (C=O) groups excluding carboxylic acids is 1. The van der Waals surface area contributed by atoms with Crippen molar-refractivity contribution in [3.05, 3.63) is 53.5 Å². The van der Waals surface area contributed by atoms with Crippen LogP contribution in [0, 0.1) is 5.82 Å². The van der Waals surface area contributed by atoms with Gasteiger partial charge in [-0.3, -0.25) is 4.79 Å². The lowest BCUT2D eigenvalue weighted by Gasteiger charge is -2.32. The van der Waals surface area contributed by atoms with Crippen molar-refractivity contribution >= 4 is 29.4 Å². The van der Waals surface area contributed by atoms with Crippen molar-refractivity contribution in [2.24, 2.45) is 0 Å². The number of halogens is 1. The van der Waals surface area contributed by atoms with Crippen LogP contribution < -0.4 is 10.8 Å². The molecular weight excluding hydrogens is 408 g/mol. The molecule has 1 N–H and O–H groups in total. The first-order chi connectivity index (χ1) is 15.1. The van der Waals surface area contributed by atoms with Gasteiger partial charge in [-0.1, -0.05) is 0 Å². The fourth-order valence-corrected chi connectivity index (χ4v) is 4.19. The van der Waals surface area contributed by atoms with E-state index in [0.717, 1.165) is 29.3 Å². The van der Waals surface area contributed by atoms with Crippen molar-refractivity contribution in [1.82, 2.24) is 15.1 Å². The maximum absolute atomic E-state index is 13.5. The number of hydrogen-bond donors (Lipinski definition) is 1. The van der Waals surface area contributed by atoms with Crippen LogP contribution in [0.1, 0.15) is 62.5 Å². The van der Waals surface area contributed by atoms with Gasteiger partial charge in [-0.15, -0.1) is 0 Å². The Morgan fingerprint density at radius 1 is 1.12 bits per heavy atom. The van der Waals surface area contributed by atoms with Crippen LogP contribution in [0.25, 0.3) is 16.6 Å². The van der Waals surface area contributed by atoms with E-state index in [1.807, 2.05) is 33.8 Å². The van der Waals surface area contributed by atoms with Crippen molar-refractivity contribution in [2.75, 3.05) is 7.05 Å². The van der Waals surface area contributed by atoms with E-state index in [4.69, 9.17) is 14.4 Å². The summed E-state index contributed by atoms with van der Waals surface area (Å²) in [6, 6.07) is 10.00. The van der Waals surface area contributed by atoms with Gasteiger partial charge in [0.05, 0.1) is 22.4 Å². The van der Waals surface area contributed by atoms with Gasteiger partial charge < -0.3 is 14.6 Å². The molecule has 1 aliphatic heterocycles. The fourth-order valence-electron chi connectivity index (χ4n) is 4.19. The zero-order valence-corrected chi connectivity index (χ0v) is 19.0. The van der Waals surface area contributed by atoms with E-state index in [-0.39, 0.29) is 11.7 Å². The number of amides is 1. The topological polar surface area (TPSA) is 65.4 Å². The zero-order valence-electron chi connectivity index (χ0n) is 19.0. The molecule has 5 rings (SSSR count). The number of aromatic nitrogens is 2. The third-order valence-corrected chi connectivity index (χ3v) is 6.91. The molecule has 0 spiro atoms. The molecule has 0 atom stereocenters. The molecule has 1 aromatic heterocycles. The van der Waals surface area contributed by atoms with Gasteiger partial charge in [0.15, 0.2) is 0 Å². The molecule has 6 nitrogen and oxygen atoms in total. The van der Waals surface area contributed by atoms with Crippen LogP contribution in [0.15, 0.2) is 36.4 Å². The van der Waals surface area contributed by atoms with Crippen molar-refractivity contribution < 1.29 is 18.5 Å². The molecule has 0 unspecified atom stereocenters. The number of rotatable bonds is 4. The molecule has 32 heavy (non-hydrogen) atoms. The molecule has 0 radical (unpaired) electrons. The predicted molar refractivity (Wildman–Crippen MR) is 122 cm³/mol. The standard InChI is InChI=1S/C24H27BFN3O3/c1-23(2)24(3,4)32-25(31-23)19-13-20-18(12-17(19)14-6-7-14)21(22(30)27-5)29(28-20)16-10-8-15(26)9-11-16/h8-14H,6-7H2,1-5H3,(H,27,30). The molecule has 3 aromatic rings. The van der Waals surface area contributed by atoms with Crippen LogP contribution >= 0.6 is 0 Å². The lowest BCUT2D eigenvalue weighted by Crippen LogP contribution is -2.41. The van der Waals surface area contributed by atoms with Crippen LogP contribution in [0.3, 0.4) is 0 Å². The number of hydrogen-bond acceptors (Lipinski definition) is 4. The Kier molecular flexibility index (Phi) is 4.73. The third-order valence-electron chi connectivity index (χ3n) is 6.91. The molecule has 1 saturated carbocycles. The number of nitrogens with one attached hydrogen (secondary N) is 1. The molecule has 1 amide bonds. The Morgan fingerprint density at radius 3 is 2.31 bits per heavy atom. The molecule has 2 aromatic carbocycles. The van der Waals surface area contributed by atoms with E-state index in [0.29, 0.717) is 22.8 Å². The highest BCUT2D eigenvalue weighted by atomic mass is 19.1. The van der Waals surface area contributed by atoms with E-state index < -0.39 is 18.3 Å². The Bertz CT molecular complexity index is 1200. The fraction of sp³-hybridized carbons (Fsp3) is 0.417. The van der Waals surface area contributed by atoms with Gasteiger partial charge in [0.25, 0.3) is 5.91 Å². The summed E-state index contributed by atoms with van der Waals surface area (Å²) in [5, 5.41) is 8.20.